The predicted molar refractivity (Wildman–Crippen MR) is 87.9 cm³/mol. The van der Waals surface area contributed by atoms with Gasteiger partial charge in [-0.2, -0.15) is 0 Å². The van der Waals surface area contributed by atoms with Crippen molar-refractivity contribution >= 4 is 28.1 Å². The fourth-order valence-electron chi connectivity index (χ4n) is 2.38. The van der Waals surface area contributed by atoms with E-state index in [1.54, 1.807) is 24.6 Å². The number of nitrogens with zero attached hydrogens (tertiary/aromatic N) is 2. The van der Waals surface area contributed by atoms with Gasteiger partial charge in [0.25, 0.3) is 0 Å². The molecule has 3 heterocycles. The third kappa shape index (κ3) is 3.03. The molecule has 3 rings (SSSR count). The van der Waals surface area contributed by atoms with E-state index in [2.05, 4.69) is 10.3 Å². The molecule has 0 spiro atoms. The van der Waals surface area contributed by atoms with Crippen LogP contribution in [0.3, 0.4) is 0 Å². The Hall–Kier alpha value is -2.18. The topological polar surface area (TPSA) is 56.1 Å². The van der Waals surface area contributed by atoms with Crippen LogP contribution >= 0.6 is 11.3 Å². The largest absolute Gasteiger partial charge is 0.383 e. The Morgan fingerprint density at radius 3 is 3.09 bits per heavy atom. The summed E-state index contributed by atoms with van der Waals surface area (Å²) in [6, 6.07) is 8.02. The summed E-state index contributed by atoms with van der Waals surface area (Å²) in [5.41, 5.74) is 1.91. The summed E-state index contributed by atoms with van der Waals surface area (Å²) in [4.78, 5) is 17.6. The number of thiophene rings is 1. The van der Waals surface area contributed by atoms with Gasteiger partial charge in [0.15, 0.2) is 0 Å². The van der Waals surface area contributed by atoms with Crippen LogP contribution in [0, 0.1) is 0 Å². The molecule has 1 amide bonds. The molecule has 0 aliphatic heterocycles. The van der Waals surface area contributed by atoms with Gasteiger partial charge < -0.3 is 14.6 Å². The standard InChI is InChI=1S/C16H17N3O2S/c1-21-9-7-17-14(20)11-19-8-5-12-4-6-18-15(16(12)19)13-3-2-10-22-13/h2-6,8,10H,7,9,11H2,1H3,(H,17,20). The predicted octanol–water partition coefficient (Wildman–Crippen LogP) is 2.53. The first kappa shape index (κ1) is 14.7. The molecule has 0 aromatic carbocycles. The number of amides is 1. The fraction of sp³-hybridized carbons (Fsp3) is 0.250. The van der Waals surface area contributed by atoms with E-state index in [0.717, 1.165) is 21.5 Å². The second-order valence-corrected chi connectivity index (χ2v) is 5.81. The van der Waals surface area contributed by atoms with Crippen LogP contribution in [-0.4, -0.2) is 35.7 Å². The summed E-state index contributed by atoms with van der Waals surface area (Å²) >= 11 is 1.65. The number of rotatable bonds is 6. The minimum absolute atomic E-state index is 0.0319. The van der Waals surface area contributed by atoms with Crippen LogP contribution in [0.1, 0.15) is 0 Å². The maximum atomic E-state index is 12.0. The molecule has 0 bridgehead atoms. The normalized spacial score (nSPS) is 11.0. The molecule has 0 fully saturated rings. The van der Waals surface area contributed by atoms with Crippen molar-refractivity contribution in [1.82, 2.24) is 14.9 Å². The zero-order valence-electron chi connectivity index (χ0n) is 12.3. The molecule has 0 radical (unpaired) electrons. The van der Waals surface area contributed by atoms with Crippen molar-refractivity contribution in [1.29, 1.82) is 0 Å². The molecule has 0 aliphatic rings. The van der Waals surface area contributed by atoms with E-state index in [0.29, 0.717) is 13.2 Å². The molecule has 0 aliphatic carbocycles. The van der Waals surface area contributed by atoms with Gasteiger partial charge in [-0.3, -0.25) is 9.78 Å². The van der Waals surface area contributed by atoms with Crippen molar-refractivity contribution in [2.24, 2.45) is 0 Å². The van der Waals surface area contributed by atoms with Crippen LogP contribution in [-0.2, 0) is 16.1 Å². The van der Waals surface area contributed by atoms with Crippen LogP contribution in [0.5, 0.6) is 0 Å². The smallest absolute Gasteiger partial charge is 0.240 e. The third-order valence-corrected chi connectivity index (χ3v) is 4.25. The summed E-state index contributed by atoms with van der Waals surface area (Å²) in [6.07, 6.45) is 3.74. The number of methoxy groups -OCH3 is 1. The lowest BCUT2D eigenvalue weighted by atomic mass is 10.2. The van der Waals surface area contributed by atoms with Gasteiger partial charge in [0.05, 0.1) is 17.0 Å². The Morgan fingerprint density at radius 2 is 2.32 bits per heavy atom. The highest BCUT2D eigenvalue weighted by Gasteiger charge is 2.12. The number of fused-ring (bicyclic) bond motifs is 1. The molecular weight excluding hydrogens is 298 g/mol. The Bertz CT molecular complexity index is 765. The molecule has 0 saturated heterocycles. The van der Waals surface area contributed by atoms with Crippen LogP contribution in [0.15, 0.2) is 42.0 Å². The molecular formula is C16H17N3O2S. The second kappa shape index (κ2) is 6.72. The summed E-state index contributed by atoms with van der Waals surface area (Å²) in [5, 5.41) is 5.95. The lowest BCUT2D eigenvalue weighted by Crippen LogP contribution is -2.30. The highest BCUT2D eigenvalue weighted by molar-refractivity contribution is 7.13. The van der Waals surface area contributed by atoms with E-state index in [4.69, 9.17) is 4.74 Å². The maximum Gasteiger partial charge on any atom is 0.240 e. The number of carbonyl (C=O) groups excluding carboxylic acids is 1. The van der Waals surface area contributed by atoms with Crippen LogP contribution < -0.4 is 5.32 Å². The van der Waals surface area contributed by atoms with Gasteiger partial charge in [-0.1, -0.05) is 6.07 Å². The van der Waals surface area contributed by atoms with Crippen molar-refractivity contribution < 1.29 is 9.53 Å². The maximum absolute atomic E-state index is 12.0. The van der Waals surface area contributed by atoms with Crippen molar-refractivity contribution in [3.05, 3.63) is 42.0 Å². The SMILES string of the molecule is COCCNC(=O)Cn1ccc2ccnc(-c3cccs3)c21. The summed E-state index contributed by atoms with van der Waals surface area (Å²) in [5.74, 6) is -0.0319. The Morgan fingerprint density at radius 1 is 1.41 bits per heavy atom. The number of nitrogens with one attached hydrogen (secondary N) is 1. The van der Waals surface area contributed by atoms with Crippen molar-refractivity contribution in [3.8, 4) is 10.6 Å². The summed E-state index contributed by atoms with van der Waals surface area (Å²) in [6.45, 7) is 1.31. The van der Waals surface area contributed by atoms with Gasteiger partial charge >= 0.3 is 0 Å². The Balaban J connectivity index is 1.89. The molecule has 22 heavy (non-hydrogen) atoms. The van der Waals surface area contributed by atoms with Gasteiger partial charge in [0.1, 0.15) is 12.2 Å². The highest BCUT2D eigenvalue weighted by Crippen LogP contribution is 2.30. The zero-order chi connectivity index (χ0) is 15.4. The average Bonchev–Trinajstić information content (AvgIpc) is 3.17. The minimum Gasteiger partial charge on any atom is -0.383 e. The number of hydrogen-bond donors (Lipinski definition) is 1. The van der Waals surface area contributed by atoms with Gasteiger partial charge in [-0.05, 0) is 23.6 Å². The first-order valence-electron chi connectivity index (χ1n) is 7.03. The van der Waals surface area contributed by atoms with Crippen molar-refractivity contribution in [2.45, 2.75) is 6.54 Å². The Kier molecular flexibility index (Phi) is 4.50. The van der Waals surface area contributed by atoms with Crippen molar-refractivity contribution in [2.75, 3.05) is 20.3 Å². The summed E-state index contributed by atoms with van der Waals surface area (Å²) in [7, 11) is 1.62. The van der Waals surface area contributed by atoms with Crippen molar-refractivity contribution in [3.63, 3.8) is 0 Å². The van der Waals surface area contributed by atoms with E-state index >= 15 is 0 Å². The molecule has 114 valence electrons. The molecule has 0 unspecified atom stereocenters. The van der Waals surface area contributed by atoms with E-state index in [9.17, 15) is 4.79 Å². The zero-order valence-corrected chi connectivity index (χ0v) is 13.1. The van der Waals surface area contributed by atoms with Gasteiger partial charge in [-0.15, -0.1) is 11.3 Å². The number of aromatic nitrogens is 2. The third-order valence-electron chi connectivity index (χ3n) is 3.37. The lowest BCUT2D eigenvalue weighted by molar-refractivity contribution is -0.121. The molecule has 0 atom stereocenters. The van der Waals surface area contributed by atoms with Gasteiger partial charge in [0, 0.05) is 31.4 Å². The van der Waals surface area contributed by atoms with Crippen LogP contribution in [0.4, 0.5) is 0 Å². The molecule has 1 N–H and O–H groups in total. The number of ether oxygens (including phenoxy) is 1. The van der Waals surface area contributed by atoms with Crippen LogP contribution in [0.25, 0.3) is 21.5 Å². The van der Waals surface area contributed by atoms with E-state index in [-0.39, 0.29) is 12.5 Å². The number of carbonyl (C=O) groups is 1. The van der Waals surface area contributed by atoms with Gasteiger partial charge in [-0.25, -0.2) is 0 Å². The van der Waals surface area contributed by atoms with E-state index in [1.165, 1.54) is 0 Å². The number of pyridine rings is 1. The quantitative estimate of drug-likeness (QED) is 0.711. The second-order valence-electron chi connectivity index (χ2n) is 4.86. The van der Waals surface area contributed by atoms with E-state index < -0.39 is 0 Å². The molecule has 0 saturated carbocycles. The first-order valence-corrected chi connectivity index (χ1v) is 7.91. The fourth-order valence-corrected chi connectivity index (χ4v) is 3.10. The molecule has 6 heteroatoms. The average molecular weight is 315 g/mol. The first-order chi connectivity index (χ1) is 10.8. The minimum atomic E-state index is -0.0319. The van der Waals surface area contributed by atoms with Gasteiger partial charge in [0.2, 0.25) is 5.91 Å². The molecule has 3 aromatic heterocycles. The summed E-state index contributed by atoms with van der Waals surface area (Å²) < 4.78 is 6.88. The highest BCUT2D eigenvalue weighted by atomic mass is 32.1. The monoisotopic (exact) mass is 315 g/mol. The number of hydrogen-bond acceptors (Lipinski definition) is 4. The molecule has 3 aromatic rings. The molecule has 5 nitrogen and oxygen atoms in total. The van der Waals surface area contributed by atoms with E-state index in [1.807, 2.05) is 40.4 Å². The van der Waals surface area contributed by atoms with Crippen LogP contribution in [0.2, 0.25) is 0 Å². The Labute approximate surface area is 132 Å². The lowest BCUT2D eigenvalue weighted by Gasteiger charge is -2.09.